The van der Waals surface area contributed by atoms with Crippen molar-refractivity contribution in [2.75, 3.05) is 34.3 Å². The lowest BCUT2D eigenvalue weighted by Gasteiger charge is -2.25. The molecule has 0 amide bonds. The minimum Gasteiger partial charge on any atom is -0.497 e. The molecule has 0 radical (unpaired) electrons. The lowest BCUT2D eigenvalue weighted by molar-refractivity contribution is 0.288. The number of hydrogen-bond acceptors (Lipinski definition) is 3. The Balaban J connectivity index is 2.58. The molecule has 1 rings (SSSR count). The zero-order valence-corrected chi connectivity index (χ0v) is 12.4. The molecule has 0 spiro atoms. The Morgan fingerprint density at radius 1 is 1.42 bits per heavy atom. The van der Waals surface area contributed by atoms with Gasteiger partial charge < -0.3 is 15.0 Å². The van der Waals surface area contributed by atoms with Crippen LogP contribution in [0, 0.1) is 0 Å². The number of methoxy groups -OCH3 is 1. The van der Waals surface area contributed by atoms with E-state index in [4.69, 9.17) is 4.74 Å². The van der Waals surface area contributed by atoms with Crippen molar-refractivity contribution in [2.45, 2.75) is 18.9 Å². The Morgan fingerprint density at radius 3 is 2.84 bits per heavy atom. The quantitative estimate of drug-likeness (QED) is 0.547. The van der Waals surface area contributed by atoms with Gasteiger partial charge in [-0.1, -0.05) is 18.2 Å². The van der Waals surface area contributed by atoms with Crippen LogP contribution >= 0.6 is 0 Å². The standard InChI is InChI=1S/C16H26N2O/c1-5-6-7-11-17-13-16(18(2)3)14-9-8-10-15(12-14)19-4/h5,8-10,12,16-17H,1,6-7,11,13H2,2-4H3. The molecule has 3 nitrogen and oxygen atoms in total. The highest BCUT2D eigenvalue weighted by atomic mass is 16.5. The van der Waals surface area contributed by atoms with E-state index in [9.17, 15) is 0 Å². The summed E-state index contributed by atoms with van der Waals surface area (Å²) in [5.41, 5.74) is 1.28. The van der Waals surface area contributed by atoms with E-state index in [1.165, 1.54) is 5.56 Å². The Kier molecular flexibility index (Phi) is 7.23. The van der Waals surface area contributed by atoms with Crippen molar-refractivity contribution in [1.82, 2.24) is 10.2 Å². The van der Waals surface area contributed by atoms with Crippen LogP contribution in [0.25, 0.3) is 0 Å². The Bertz CT molecular complexity index is 377. The van der Waals surface area contributed by atoms with E-state index in [1.807, 2.05) is 18.2 Å². The van der Waals surface area contributed by atoms with Crippen LogP contribution in [0.3, 0.4) is 0 Å². The van der Waals surface area contributed by atoms with Gasteiger partial charge in [-0.15, -0.1) is 6.58 Å². The second-order valence-electron chi connectivity index (χ2n) is 4.89. The topological polar surface area (TPSA) is 24.5 Å². The number of hydrogen-bond donors (Lipinski definition) is 1. The van der Waals surface area contributed by atoms with Crippen LogP contribution in [-0.2, 0) is 0 Å². The molecule has 0 fully saturated rings. The summed E-state index contributed by atoms with van der Waals surface area (Å²) in [4.78, 5) is 2.23. The maximum Gasteiger partial charge on any atom is 0.119 e. The SMILES string of the molecule is C=CCCCNCC(c1cccc(OC)c1)N(C)C. The average Bonchev–Trinajstić information content (AvgIpc) is 2.42. The molecule has 106 valence electrons. The van der Waals surface area contributed by atoms with E-state index in [0.717, 1.165) is 31.7 Å². The molecule has 3 heteroatoms. The van der Waals surface area contributed by atoms with Crippen LogP contribution in [0.15, 0.2) is 36.9 Å². The average molecular weight is 262 g/mol. The summed E-state index contributed by atoms with van der Waals surface area (Å²) < 4.78 is 5.29. The van der Waals surface area contributed by atoms with Gasteiger partial charge in [0.05, 0.1) is 7.11 Å². The van der Waals surface area contributed by atoms with Gasteiger partial charge in [0.25, 0.3) is 0 Å². The van der Waals surface area contributed by atoms with Crippen molar-refractivity contribution in [1.29, 1.82) is 0 Å². The monoisotopic (exact) mass is 262 g/mol. The first kappa shape index (κ1) is 15.7. The highest BCUT2D eigenvalue weighted by Crippen LogP contribution is 2.21. The summed E-state index contributed by atoms with van der Waals surface area (Å²) >= 11 is 0. The van der Waals surface area contributed by atoms with E-state index < -0.39 is 0 Å². The summed E-state index contributed by atoms with van der Waals surface area (Å²) in [6.45, 7) is 5.71. The Morgan fingerprint density at radius 2 is 2.21 bits per heavy atom. The molecular formula is C16H26N2O. The molecule has 1 N–H and O–H groups in total. The van der Waals surface area contributed by atoms with Gasteiger partial charge in [0, 0.05) is 12.6 Å². The van der Waals surface area contributed by atoms with E-state index in [1.54, 1.807) is 7.11 Å². The molecule has 1 aromatic rings. The van der Waals surface area contributed by atoms with Crippen molar-refractivity contribution in [3.8, 4) is 5.75 Å². The summed E-state index contributed by atoms with van der Waals surface area (Å²) in [5, 5.41) is 3.51. The van der Waals surface area contributed by atoms with Crippen LogP contribution in [0.1, 0.15) is 24.4 Å². The number of nitrogens with zero attached hydrogens (tertiary/aromatic N) is 1. The first-order chi connectivity index (χ1) is 9.19. The first-order valence-corrected chi connectivity index (χ1v) is 6.81. The molecule has 0 aliphatic rings. The number of likely N-dealkylation sites (N-methyl/N-ethyl adjacent to an activating group) is 1. The number of ether oxygens (including phenoxy) is 1. The van der Waals surface area contributed by atoms with Crippen LogP contribution in [0.5, 0.6) is 5.75 Å². The van der Waals surface area contributed by atoms with Gasteiger partial charge in [0.15, 0.2) is 0 Å². The highest BCUT2D eigenvalue weighted by molar-refractivity contribution is 5.30. The molecule has 0 aliphatic carbocycles. The van der Waals surface area contributed by atoms with E-state index in [-0.39, 0.29) is 0 Å². The lowest BCUT2D eigenvalue weighted by atomic mass is 10.1. The first-order valence-electron chi connectivity index (χ1n) is 6.81. The minimum absolute atomic E-state index is 0.360. The molecule has 0 bridgehead atoms. The number of rotatable bonds is 9. The summed E-state index contributed by atoms with van der Waals surface area (Å²) in [5.74, 6) is 0.913. The smallest absolute Gasteiger partial charge is 0.119 e. The van der Waals surface area contributed by atoms with Gasteiger partial charge in [-0.3, -0.25) is 0 Å². The molecular weight excluding hydrogens is 236 g/mol. The third-order valence-corrected chi connectivity index (χ3v) is 3.20. The third-order valence-electron chi connectivity index (χ3n) is 3.20. The molecule has 0 aliphatic heterocycles. The molecule has 0 saturated heterocycles. The second kappa shape index (κ2) is 8.73. The van der Waals surface area contributed by atoms with Gasteiger partial charge in [0.1, 0.15) is 5.75 Å². The van der Waals surface area contributed by atoms with Crippen molar-refractivity contribution in [3.05, 3.63) is 42.5 Å². The maximum atomic E-state index is 5.29. The van der Waals surface area contributed by atoms with Gasteiger partial charge in [-0.25, -0.2) is 0 Å². The van der Waals surface area contributed by atoms with Gasteiger partial charge in [0.2, 0.25) is 0 Å². The third kappa shape index (κ3) is 5.45. The normalized spacial score (nSPS) is 12.4. The van der Waals surface area contributed by atoms with Crippen molar-refractivity contribution < 1.29 is 4.74 Å². The molecule has 0 aromatic heterocycles. The molecule has 1 unspecified atom stereocenters. The van der Waals surface area contributed by atoms with Crippen LogP contribution < -0.4 is 10.1 Å². The van der Waals surface area contributed by atoms with Crippen molar-refractivity contribution in [3.63, 3.8) is 0 Å². The molecule has 1 aromatic carbocycles. The molecule has 0 saturated carbocycles. The molecule has 0 heterocycles. The van der Waals surface area contributed by atoms with Crippen molar-refractivity contribution in [2.24, 2.45) is 0 Å². The summed E-state index contributed by atoms with van der Waals surface area (Å²) in [7, 11) is 5.92. The summed E-state index contributed by atoms with van der Waals surface area (Å²) in [6, 6.07) is 8.64. The Labute approximate surface area is 117 Å². The fraction of sp³-hybridized carbons (Fsp3) is 0.500. The zero-order valence-electron chi connectivity index (χ0n) is 12.4. The fourth-order valence-electron chi connectivity index (χ4n) is 2.06. The number of unbranched alkanes of at least 4 members (excludes halogenated alkanes) is 1. The van der Waals surface area contributed by atoms with E-state index >= 15 is 0 Å². The predicted octanol–water partition coefficient (Wildman–Crippen LogP) is 2.85. The van der Waals surface area contributed by atoms with Crippen LogP contribution in [0.2, 0.25) is 0 Å². The van der Waals surface area contributed by atoms with E-state index in [0.29, 0.717) is 6.04 Å². The molecule has 1 atom stereocenters. The largest absolute Gasteiger partial charge is 0.497 e. The zero-order chi connectivity index (χ0) is 14.1. The number of allylic oxidation sites excluding steroid dienone is 1. The highest BCUT2D eigenvalue weighted by Gasteiger charge is 2.13. The van der Waals surface area contributed by atoms with Crippen LogP contribution in [0.4, 0.5) is 0 Å². The van der Waals surface area contributed by atoms with Gasteiger partial charge in [-0.05, 0) is 51.2 Å². The summed E-state index contributed by atoms with van der Waals surface area (Å²) in [6.07, 6.45) is 4.17. The predicted molar refractivity (Wildman–Crippen MR) is 81.7 cm³/mol. The van der Waals surface area contributed by atoms with Gasteiger partial charge in [-0.2, -0.15) is 0 Å². The lowest BCUT2D eigenvalue weighted by Crippen LogP contribution is -2.31. The number of benzene rings is 1. The van der Waals surface area contributed by atoms with Gasteiger partial charge >= 0.3 is 0 Å². The van der Waals surface area contributed by atoms with Crippen molar-refractivity contribution >= 4 is 0 Å². The minimum atomic E-state index is 0.360. The Hall–Kier alpha value is -1.32. The second-order valence-corrected chi connectivity index (χ2v) is 4.89. The number of nitrogens with one attached hydrogen (secondary N) is 1. The maximum absolute atomic E-state index is 5.29. The van der Waals surface area contributed by atoms with E-state index in [2.05, 4.69) is 43.0 Å². The fourth-order valence-corrected chi connectivity index (χ4v) is 2.06. The molecule has 19 heavy (non-hydrogen) atoms. The van der Waals surface area contributed by atoms with Crippen LogP contribution in [-0.4, -0.2) is 39.2 Å².